The molecule has 4 aliphatic rings. The molecule has 1 aromatic heterocycles. The summed E-state index contributed by atoms with van der Waals surface area (Å²) in [4.78, 5) is 62.0. The zero-order valence-corrected chi connectivity index (χ0v) is 32.8. The second kappa shape index (κ2) is 18.6. The van der Waals surface area contributed by atoms with Crippen LogP contribution in [-0.4, -0.2) is 105 Å². The van der Waals surface area contributed by atoms with Gasteiger partial charge in [0.25, 0.3) is 5.91 Å². The lowest BCUT2D eigenvalue weighted by molar-refractivity contribution is -0.150. The second-order valence-corrected chi connectivity index (χ2v) is 15.8. The number of benzene rings is 2. The number of aromatic nitrogens is 3. The molecule has 4 heterocycles. The smallest absolute Gasteiger partial charge is 0.255 e. The van der Waals surface area contributed by atoms with Gasteiger partial charge in [0.2, 0.25) is 17.7 Å². The third kappa shape index (κ3) is 10.2. The van der Waals surface area contributed by atoms with Gasteiger partial charge >= 0.3 is 0 Å². The summed E-state index contributed by atoms with van der Waals surface area (Å²) in [6.45, 7) is 5.93. The van der Waals surface area contributed by atoms with Crippen molar-refractivity contribution in [2.24, 2.45) is 11.8 Å². The average Bonchev–Trinajstić information content (AvgIpc) is 3.88. The van der Waals surface area contributed by atoms with Crippen molar-refractivity contribution in [3.8, 4) is 11.5 Å². The number of amides is 4. The maximum Gasteiger partial charge on any atom is 0.255 e. The van der Waals surface area contributed by atoms with E-state index >= 15 is 0 Å². The lowest BCUT2D eigenvalue weighted by atomic mass is 9.84. The molecular weight excluding hydrogens is 699 g/mol. The highest BCUT2D eigenvalue weighted by molar-refractivity contribution is 6.00. The molecule has 0 spiro atoms. The number of ether oxygens (including phenoxy) is 2. The Morgan fingerprint density at radius 2 is 1.60 bits per heavy atom. The molecule has 7 rings (SSSR count). The van der Waals surface area contributed by atoms with Crippen LogP contribution in [0.15, 0.2) is 54.7 Å². The predicted molar refractivity (Wildman–Crippen MR) is 207 cm³/mol. The van der Waals surface area contributed by atoms with E-state index in [4.69, 9.17) is 9.47 Å². The number of carbonyl (C=O) groups is 4. The van der Waals surface area contributed by atoms with E-state index in [1.54, 1.807) is 63.9 Å². The van der Waals surface area contributed by atoms with Crippen molar-refractivity contribution in [2.75, 3.05) is 33.8 Å². The van der Waals surface area contributed by atoms with Crippen LogP contribution in [0.3, 0.4) is 0 Å². The first-order valence-corrected chi connectivity index (χ1v) is 20.0. The third-order valence-corrected chi connectivity index (χ3v) is 11.2. The maximum absolute atomic E-state index is 14.6. The molecule has 1 saturated carbocycles. The lowest BCUT2D eigenvalue weighted by Gasteiger charge is -2.36. The van der Waals surface area contributed by atoms with Crippen molar-refractivity contribution in [3.05, 3.63) is 71.5 Å². The fourth-order valence-electron chi connectivity index (χ4n) is 8.08. The highest BCUT2D eigenvalue weighted by atomic mass is 16.5. The molecule has 4 bridgehead atoms. The minimum Gasteiger partial charge on any atom is -0.492 e. The van der Waals surface area contributed by atoms with Crippen molar-refractivity contribution >= 4 is 23.6 Å². The zero-order chi connectivity index (χ0) is 38.9. The summed E-state index contributed by atoms with van der Waals surface area (Å²) in [5.74, 6) is 0.487. The molecule has 2 aromatic carbocycles. The van der Waals surface area contributed by atoms with Gasteiger partial charge in [-0.1, -0.05) is 75.4 Å². The van der Waals surface area contributed by atoms with Gasteiger partial charge in [-0.15, -0.1) is 5.10 Å². The fourth-order valence-corrected chi connectivity index (χ4v) is 8.08. The molecule has 4 amide bonds. The molecule has 2 fully saturated rings. The molecule has 296 valence electrons. The molecule has 0 radical (unpaired) electrons. The van der Waals surface area contributed by atoms with Crippen LogP contribution < -0.4 is 14.8 Å². The maximum atomic E-state index is 14.6. The van der Waals surface area contributed by atoms with Gasteiger partial charge in [0.05, 0.1) is 18.3 Å². The Balaban J connectivity index is 1.29. The molecule has 1 aliphatic carbocycles. The largest absolute Gasteiger partial charge is 0.492 e. The van der Waals surface area contributed by atoms with Gasteiger partial charge in [0.1, 0.15) is 48.5 Å². The molecule has 3 atom stereocenters. The van der Waals surface area contributed by atoms with Gasteiger partial charge in [-0.05, 0) is 73.8 Å². The summed E-state index contributed by atoms with van der Waals surface area (Å²) in [5.41, 5.74) is 1.96. The van der Waals surface area contributed by atoms with E-state index in [0.29, 0.717) is 75.4 Å². The van der Waals surface area contributed by atoms with E-state index in [1.165, 1.54) is 6.42 Å². The lowest BCUT2D eigenvalue weighted by Crippen LogP contribution is -2.57. The molecular formula is C42H57N7O6. The quantitative estimate of drug-likeness (QED) is 0.398. The summed E-state index contributed by atoms with van der Waals surface area (Å²) in [6.07, 6.45) is 9.92. The molecule has 0 unspecified atom stereocenters. The van der Waals surface area contributed by atoms with E-state index in [-0.39, 0.29) is 36.2 Å². The van der Waals surface area contributed by atoms with Gasteiger partial charge in [0, 0.05) is 27.2 Å². The Labute approximate surface area is 324 Å². The van der Waals surface area contributed by atoms with Crippen LogP contribution in [0.5, 0.6) is 11.5 Å². The molecule has 13 heteroatoms. The second-order valence-electron chi connectivity index (χ2n) is 15.8. The minimum absolute atomic E-state index is 0.0949. The van der Waals surface area contributed by atoms with Crippen molar-refractivity contribution in [1.82, 2.24) is 35.0 Å². The molecule has 1 saturated heterocycles. The summed E-state index contributed by atoms with van der Waals surface area (Å²) in [7, 11) is 3.47. The van der Waals surface area contributed by atoms with Crippen LogP contribution in [0.1, 0.15) is 93.3 Å². The Morgan fingerprint density at radius 1 is 0.836 bits per heavy atom. The Hall–Kier alpha value is -4.94. The van der Waals surface area contributed by atoms with E-state index in [1.807, 2.05) is 38.1 Å². The molecule has 55 heavy (non-hydrogen) atoms. The first-order chi connectivity index (χ1) is 26.6. The summed E-state index contributed by atoms with van der Waals surface area (Å²) >= 11 is 0. The number of hydrogen-bond donors (Lipinski definition) is 1. The predicted octanol–water partition coefficient (Wildman–Crippen LogP) is 4.88. The number of fused-ring (bicyclic) bond motifs is 14. The van der Waals surface area contributed by atoms with Gasteiger partial charge in [-0.25, -0.2) is 4.68 Å². The highest BCUT2D eigenvalue weighted by Gasteiger charge is 2.42. The monoisotopic (exact) mass is 755 g/mol. The van der Waals surface area contributed by atoms with Crippen LogP contribution >= 0.6 is 0 Å². The number of nitrogens with zero attached hydrogens (tertiary/aromatic N) is 6. The van der Waals surface area contributed by atoms with Crippen LogP contribution in [0.4, 0.5) is 0 Å². The van der Waals surface area contributed by atoms with E-state index in [0.717, 1.165) is 37.0 Å². The Morgan fingerprint density at radius 3 is 2.36 bits per heavy atom. The first-order valence-electron chi connectivity index (χ1n) is 20.0. The first kappa shape index (κ1) is 39.7. The topological polar surface area (TPSA) is 139 Å². The van der Waals surface area contributed by atoms with Crippen LogP contribution in [0.25, 0.3) is 0 Å². The molecule has 3 aromatic rings. The van der Waals surface area contributed by atoms with Crippen molar-refractivity contribution in [2.45, 2.75) is 109 Å². The number of para-hydroxylation sites is 1. The number of rotatable bonds is 4. The van der Waals surface area contributed by atoms with Crippen molar-refractivity contribution in [3.63, 3.8) is 0 Å². The SMILES string of the molecule is CC(C)C[C@H]1C(=O)N(C)CCc2ccc(cc2)OCCn2cc(nn2)COc2ccccc2C(=O)N[C@H](CC2CCCCC2)C(=O)N2CCC[C@@H]2C(=O)N1C. The van der Waals surface area contributed by atoms with E-state index in [2.05, 4.69) is 15.6 Å². The van der Waals surface area contributed by atoms with E-state index in [9.17, 15) is 19.2 Å². The van der Waals surface area contributed by atoms with Crippen molar-refractivity contribution in [1.29, 1.82) is 0 Å². The van der Waals surface area contributed by atoms with Gasteiger partial charge in [0.15, 0.2) is 0 Å². The molecule has 13 nitrogen and oxygen atoms in total. The number of hydrogen-bond acceptors (Lipinski definition) is 8. The van der Waals surface area contributed by atoms with Crippen LogP contribution in [0, 0.1) is 11.8 Å². The number of carbonyl (C=O) groups excluding carboxylic acids is 4. The van der Waals surface area contributed by atoms with Crippen LogP contribution in [0.2, 0.25) is 0 Å². The van der Waals surface area contributed by atoms with Gasteiger partial charge in [-0.3, -0.25) is 19.2 Å². The summed E-state index contributed by atoms with van der Waals surface area (Å²) in [6, 6.07) is 12.6. The Kier molecular flexibility index (Phi) is 13.4. The van der Waals surface area contributed by atoms with Crippen LogP contribution in [-0.2, 0) is 34.0 Å². The van der Waals surface area contributed by atoms with E-state index < -0.39 is 24.0 Å². The average molecular weight is 756 g/mol. The molecule has 3 aliphatic heterocycles. The molecule has 1 N–H and O–H groups in total. The summed E-state index contributed by atoms with van der Waals surface area (Å²) < 4.78 is 13.8. The standard InChI is InChI=1S/C42H57N7O6/c1-29(2)25-37-41(52)46(3)22-20-30-16-18-33(19-17-30)54-24-23-48-27-32(44-45-48)28-55-38-15-9-8-13-34(38)39(50)43-35(26-31-11-6-5-7-12-31)40(51)49-21-10-14-36(49)42(53)47(37)4/h8-9,13,15-19,27,29,31,35-37H,5-7,10-12,14,20-26,28H2,1-4H3,(H,43,50)/t35-,36-,37+/m1/s1. The highest BCUT2D eigenvalue weighted by Crippen LogP contribution is 2.30. The fraction of sp³-hybridized carbons (Fsp3) is 0.571. The third-order valence-electron chi connectivity index (χ3n) is 11.2. The summed E-state index contributed by atoms with van der Waals surface area (Å²) in [5, 5.41) is 11.5. The normalized spacial score (nSPS) is 22.9. The van der Waals surface area contributed by atoms with Crippen molar-refractivity contribution < 1.29 is 28.7 Å². The zero-order valence-electron chi connectivity index (χ0n) is 32.8. The number of nitrogens with one attached hydrogen (secondary N) is 1. The number of likely N-dealkylation sites (N-methyl/N-ethyl adjacent to an activating group) is 2. The van der Waals surface area contributed by atoms with Gasteiger partial charge < -0.3 is 29.5 Å². The van der Waals surface area contributed by atoms with Gasteiger partial charge in [-0.2, -0.15) is 0 Å². The Bertz CT molecular complexity index is 1770. The minimum atomic E-state index is -0.819.